The fourth-order valence-electron chi connectivity index (χ4n) is 2.38. The Morgan fingerprint density at radius 3 is 3.15 bits per heavy atom. The van der Waals surface area contributed by atoms with E-state index >= 15 is 0 Å². The van der Waals surface area contributed by atoms with Crippen LogP contribution in [0.1, 0.15) is 17.0 Å². The van der Waals surface area contributed by atoms with E-state index < -0.39 is 0 Å². The van der Waals surface area contributed by atoms with Crippen molar-refractivity contribution in [3.63, 3.8) is 0 Å². The van der Waals surface area contributed by atoms with Crippen molar-refractivity contribution in [1.82, 2.24) is 9.78 Å². The predicted octanol–water partition coefficient (Wildman–Crippen LogP) is 0.993. The SMILES string of the molecule is Cn1cc(CN)c(NC(=O)C2COc3ccccc32)n1. The summed E-state index contributed by atoms with van der Waals surface area (Å²) in [5.74, 6) is 0.860. The molecule has 104 valence electrons. The molecule has 6 heteroatoms. The minimum atomic E-state index is -0.307. The van der Waals surface area contributed by atoms with Gasteiger partial charge in [0.05, 0.1) is 0 Å². The molecule has 1 unspecified atom stereocenters. The van der Waals surface area contributed by atoms with Crippen LogP contribution in [-0.4, -0.2) is 22.3 Å². The minimum Gasteiger partial charge on any atom is -0.492 e. The van der Waals surface area contributed by atoms with Gasteiger partial charge < -0.3 is 15.8 Å². The van der Waals surface area contributed by atoms with E-state index in [9.17, 15) is 4.79 Å². The molecule has 6 nitrogen and oxygen atoms in total. The lowest BCUT2D eigenvalue weighted by molar-refractivity contribution is -0.117. The monoisotopic (exact) mass is 272 g/mol. The molecule has 0 fully saturated rings. The van der Waals surface area contributed by atoms with Crippen LogP contribution in [0.15, 0.2) is 30.5 Å². The molecule has 1 aliphatic heterocycles. The molecule has 3 N–H and O–H groups in total. The van der Waals surface area contributed by atoms with E-state index in [-0.39, 0.29) is 11.8 Å². The molecule has 2 heterocycles. The van der Waals surface area contributed by atoms with Gasteiger partial charge in [-0.25, -0.2) is 0 Å². The number of anilines is 1. The summed E-state index contributed by atoms with van der Waals surface area (Å²) >= 11 is 0. The number of fused-ring (bicyclic) bond motifs is 1. The average molecular weight is 272 g/mol. The Balaban J connectivity index is 1.81. The number of benzene rings is 1. The second kappa shape index (κ2) is 4.97. The third-order valence-corrected chi connectivity index (χ3v) is 3.38. The first-order valence-electron chi connectivity index (χ1n) is 6.44. The molecule has 0 radical (unpaired) electrons. The summed E-state index contributed by atoms with van der Waals surface area (Å²) in [6.45, 7) is 0.692. The van der Waals surface area contributed by atoms with Gasteiger partial charge in [-0.3, -0.25) is 9.48 Å². The fourth-order valence-corrected chi connectivity index (χ4v) is 2.38. The second-order valence-corrected chi connectivity index (χ2v) is 4.77. The number of nitrogens with zero attached hydrogens (tertiary/aromatic N) is 2. The van der Waals surface area contributed by atoms with E-state index in [1.54, 1.807) is 17.9 Å². The number of amides is 1. The van der Waals surface area contributed by atoms with Crippen LogP contribution >= 0.6 is 0 Å². The van der Waals surface area contributed by atoms with Gasteiger partial charge in [-0.1, -0.05) is 18.2 Å². The largest absolute Gasteiger partial charge is 0.492 e. The van der Waals surface area contributed by atoms with Crippen molar-refractivity contribution < 1.29 is 9.53 Å². The quantitative estimate of drug-likeness (QED) is 0.873. The van der Waals surface area contributed by atoms with E-state index in [0.29, 0.717) is 19.0 Å². The number of para-hydroxylation sites is 1. The van der Waals surface area contributed by atoms with Crippen molar-refractivity contribution >= 4 is 11.7 Å². The highest BCUT2D eigenvalue weighted by molar-refractivity contribution is 5.96. The molecule has 2 aromatic rings. The summed E-state index contributed by atoms with van der Waals surface area (Å²) in [5, 5.41) is 7.05. The second-order valence-electron chi connectivity index (χ2n) is 4.77. The highest BCUT2D eigenvalue weighted by Crippen LogP contribution is 2.34. The van der Waals surface area contributed by atoms with Gasteiger partial charge in [-0.05, 0) is 6.07 Å². The zero-order valence-corrected chi connectivity index (χ0v) is 11.2. The molecule has 1 atom stereocenters. The lowest BCUT2D eigenvalue weighted by atomic mass is 10.0. The molecule has 20 heavy (non-hydrogen) atoms. The van der Waals surface area contributed by atoms with E-state index in [1.165, 1.54) is 0 Å². The van der Waals surface area contributed by atoms with E-state index in [0.717, 1.165) is 16.9 Å². The van der Waals surface area contributed by atoms with E-state index in [1.807, 2.05) is 24.3 Å². The lowest BCUT2D eigenvalue weighted by Gasteiger charge is -2.09. The molecule has 0 spiro atoms. The van der Waals surface area contributed by atoms with Crippen LogP contribution in [-0.2, 0) is 18.4 Å². The molecule has 0 bridgehead atoms. The van der Waals surface area contributed by atoms with E-state index in [4.69, 9.17) is 10.5 Å². The Morgan fingerprint density at radius 2 is 2.35 bits per heavy atom. The molecule has 1 aromatic carbocycles. The summed E-state index contributed by atoms with van der Waals surface area (Å²) in [4.78, 5) is 12.4. The average Bonchev–Trinajstić information content (AvgIpc) is 3.02. The van der Waals surface area contributed by atoms with Crippen molar-refractivity contribution in [2.24, 2.45) is 12.8 Å². The summed E-state index contributed by atoms with van der Waals surface area (Å²) in [6.07, 6.45) is 1.80. The zero-order chi connectivity index (χ0) is 14.1. The van der Waals surface area contributed by atoms with Gasteiger partial charge in [0.15, 0.2) is 5.82 Å². The topological polar surface area (TPSA) is 82.2 Å². The summed E-state index contributed by atoms with van der Waals surface area (Å²) in [5.41, 5.74) is 7.37. The Hall–Kier alpha value is -2.34. The first-order valence-corrected chi connectivity index (χ1v) is 6.44. The normalized spacial score (nSPS) is 16.6. The summed E-state index contributed by atoms with van der Waals surface area (Å²) in [7, 11) is 1.79. The van der Waals surface area contributed by atoms with Gasteiger partial charge in [0.2, 0.25) is 5.91 Å². The van der Waals surface area contributed by atoms with Crippen molar-refractivity contribution in [3.8, 4) is 5.75 Å². The van der Waals surface area contributed by atoms with E-state index in [2.05, 4.69) is 10.4 Å². The Bertz CT molecular complexity index is 650. The third kappa shape index (κ3) is 2.14. The highest BCUT2D eigenvalue weighted by atomic mass is 16.5. The lowest BCUT2D eigenvalue weighted by Crippen LogP contribution is -2.23. The smallest absolute Gasteiger partial charge is 0.236 e. The molecule has 0 saturated carbocycles. The Kier molecular flexibility index (Phi) is 3.15. The first-order chi connectivity index (χ1) is 9.69. The van der Waals surface area contributed by atoms with Crippen LogP contribution in [0.25, 0.3) is 0 Å². The minimum absolute atomic E-state index is 0.122. The highest BCUT2D eigenvalue weighted by Gasteiger charge is 2.30. The van der Waals surface area contributed by atoms with Gasteiger partial charge in [0.25, 0.3) is 0 Å². The molecule has 1 aliphatic rings. The predicted molar refractivity (Wildman–Crippen MR) is 74.4 cm³/mol. The maximum atomic E-state index is 12.4. The van der Waals surface area contributed by atoms with Crippen molar-refractivity contribution in [3.05, 3.63) is 41.6 Å². The maximum Gasteiger partial charge on any atom is 0.236 e. The van der Waals surface area contributed by atoms with Crippen LogP contribution in [0, 0.1) is 0 Å². The molecule has 1 amide bonds. The number of hydrogen-bond donors (Lipinski definition) is 2. The molecular formula is C14H16N4O2. The van der Waals surface area contributed by atoms with Crippen molar-refractivity contribution in [1.29, 1.82) is 0 Å². The number of aryl methyl sites for hydroxylation is 1. The number of hydrogen-bond acceptors (Lipinski definition) is 4. The van der Waals surface area contributed by atoms with Crippen LogP contribution in [0.5, 0.6) is 5.75 Å². The maximum absolute atomic E-state index is 12.4. The fraction of sp³-hybridized carbons (Fsp3) is 0.286. The van der Waals surface area contributed by atoms with Gasteiger partial charge in [-0.2, -0.15) is 5.10 Å². The summed E-state index contributed by atoms with van der Waals surface area (Å²) in [6, 6.07) is 7.58. The van der Waals surface area contributed by atoms with Crippen molar-refractivity contribution in [2.45, 2.75) is 12.5 Å². The molecule has 1 aromatic heterocycles. The number of rotatable bonds is 3. The first kappa shape index (κ1) is 12.7. The van der Waals surface area contributed by atoms with Crippen LogP contribution in [0.4, 0.5) is 5.82 Å². The van der Waals surface area contributed by atoms with Crippen LogP contribution in [0.2, 0.25) is 0 Å². The van der Waals surface area contributed by atoms with Crippen LogP contribution in [0.3, 0.4) is 0 Å². The standard InChI is InChI=1S/C14H16N4O2/c1-18-7-9(6-15)13(17-18)16-14(19)11-8-20-12-5-3-2-4-10(11)12/h2-5,7,11H,6,8,15H2,1H3,(H,16,17,19). The molecular weight excluding hydrogens is 256 g/mol. The van der Waals surface area contributed by atoms with Crippen molar-refractivity contribution in [2.75, 3.05) is 11.9 Å². The van der Waals surface area contributed by atoms with Gasteiger partial charge in [-0.15, -0.1) is 0 Å². The van der Waals surface area contributed by atoms with Gasteiger partial charge in [0, 0.05) is 30.9 Å². The number of nitrogens with one attached hydrogen (secondary N) is 1. The number of ether oxygens (including phenoxy) is 1. The van der Waals surface area contributed by atoms with Gasteiger partial charge in [0.1, 0.15) is 18.3 Å². The third-order valence-electron chi connectivity index (χ3n) is 3.38. The van der Waals surface area contributed by atoms with Gasteiger partial charge >= 0.3 is 0 Å². The Labute approximate surface area is 116 Å². The zero-order valence-electron chi connectivity index (χ0n) is 11.2. The Morgan fingerprint density at radius 1 is 1.55 bits per heavy atom. The van der Waals surface area contributed by atoms with Crippen LogP contribution < -0.4 is 15.8 Å². The molecule has 0 aliphatic carbocycles. The number of nitrogens with two attached hydrogens (primary N) is 1. The number of carbonyl (C=O) groups excluding carboxylic acids is 1. The molecule has 0 saturated heterocycles. The number of carbonyl (C=O) groups is 1. The summed E-state index contributed by atoms with van der Waals surface area (Å²) < 4.78 is 7.16. The molecule has 3 rings (SSSR count). The number of aromatic nitrogens is 2.